The van der Waals surface area contributed by atoms with Crippen molar-refractivity contribution in [2.75, 3.05) is 7.11 Å². The van der Waals surface area contributed by atoms with Gasteiger partial charge in [0.15, 0.2) is 0 Å². The van der Waals surface area contributed by atoms with Gasteiger partial charge in [0, 0.05) is 18.9 Å². The molecule has 0 bridgehead atoms. The minimum atomic E-state index is 0.241. The Morgan fingerprint density at radius 2 is 1.95 bits per heavy atom. The van der Waals surface area contributed by atoms with Gasteiger partial charge in [-0.05, 0) is 24.1 Å². The summed E-state index contributed by atoms with van der Waals surface area (Å²) in [6, 6.07) is 14.7. The highest BCUT2D eigenvalue weighted by molar-refractivity contribution is 5.43. The first kappa shape index (κ1) is 12.1. The summed E-state index contributed by atoms with van der Waals surface area (Å²) in [7, 11) is 1.68. The molecule has 1 heterocycles. The van der Waals surface area contributed by atoms with Crippen LogP contribution < -0.4 is 9.47 Å². The molecule has 2 aromatic carbocycles. The van der Waals surface area contributed by atoms with Gasteiger partial charge in [0.05, 0.1) is 7.11 Å². The fourth-order valence-corrected chi connectivity index (χ4v) is 2.51. The van der Waals surface area contributed by atoms with Gasteiger partial charge in [-0.15, -0.1) is 0 Å². The highest BCUT2D eigenvalue weighted by atomic mass is 16.5. The number of benzene rings is 2. The zero-order valence-electron chi connectivity index (χ0n) is 11.3. The molecule has 98 valence electrons. The molecule has 1 aliphatic heterocycles. The van der Waals surface area contributed by atoms with Gasteiger partial charge in [0.2, 0.25) is 0 Å². The first-order chi connectivity index (χ1) is 9.24. The number of methoxy groups -OCH3 is 1. The van der Waals surface area contributed by atoms with Crippen molar-refractivity contribution in [3.05, 3.63) is 59.2 Å². The van der Waals surface area contributed by atoms with Crippen molar-refractivity contribution in [1.29, 1.82) is 0 Å². The van der Waals surface area contributed by atoms with E-state index in [1.165, 1.54) is 16.7 Å². The fraction of sp³-hybridized carbons (Fsp3) is 0.294. The van der Waals surface area contributed by atoms with Crippen LogP contribution in [-0.4, -0.2) is 13.2 Å². The van der Waals surface area contributed by atoms with Crippen LogP contribution >= 0.6 is 0 Å². The average molecular weight is 254 g/mol. The van der Waals surface area contributed by atoms with Crippen molar-refractivity contribution in [3.63, 3.8) is 0 Å². The van der Waals surface area contributed by atoms with Gasteiger partial charge in [-0.25, -0.2) is 0 Å². The van der Waals surface area contributed by atoms with E-state index >= 15 is 0 Å². The minimum absolute atomic E-state index is 0.241. The molecule has 1 unspecified atom stereocenters. The number of ether oxygens (including phenoxy) is 2. The summed E-state index contributed by atoms with van der Waals surface area (Å²) in [5, 5.41) is 0. The number of fused-ring (bicyclic) bond motifs is 1. The molecular formula is C17H18O2. The van der Waals surface area contributed by atoms with Gasteiger partial charge in [0.25, 0.3) is 0 Å². The van der Waals surface area contributed by atoms with Gasteiger partial charge < -0.3 is 9.47 Å². The molecule has 2 aromatic rings. The Labute approximate surface area is 114 Å². The maximum atomic E-state index is 6.00. The van der Waals surface area contributed by atoms with Gasteiger partial charge >= 0.3 is 0 Å². The van der Waals surface area contributed by atoms with Crippen LogP contribution in [0, 0.1) is 6.92 Å². The van der Waals surface area contributed by atoms with Crippen molar-refractivity contribution in [1.82, 2.24) is 0 Å². The molecule has 19 heavy (non-hydrogen) atoms. The van der Waals surface area contributed by atoms with Crippen molar-refractivity contribution in [2.45, 2.75) is 25.9 Å². The van der Waals surface area contributed by atoms with Gasteiger partial charge in [-0.1, -0.05) is 35.9 Å². The predicted molar refractivity (Wildman–Crippen MR) is 76.0 cm³/mol. The highest BCUT2D eigenvalue weighted by Gasteiger charge is 2.23. The standard InChI is InChI=1S/C17H18O2/c1-12-3-5-13(6-4-12)9-16-10-14-7-8-15(18-2)11-17(14)19-16/h3-8,11,16H,9-10H2,1-2H3. The first-order valence-corrected chi connectivity index (χ1v) is 6.64. The summed E-state index contributed by atoms with van der Waals surface area (Å²) < 4.78 is 11.2. The van der Waals surface area contributed by atoms with Crippen LogP contribution in [0.5, 0.6) is 11.5 Å². The summed E-state index contributed by atoms with van der Waals surface area (Å²) in [5.41, 5.74) is 3.90. The van der Waals surface area contributed by atoms with Crippen LogP contribution in [0.2, 0.25) is 0 Å². The molecule has 1 atom stereocenters. The molecule has 0 aromatic heterocycles. The van der Waals surface area contributed by atoms with E-state index in [-0.39, 0.29) is 6.10 Å². The normalized spacial score (nSPS) is 16.8. The minimum Gasteiger partial charge on any atom is -0.497 e. The molecule has 0 amide bonds. The van der Waals surface area contributed by atoms with E-state index < -0.39 is 0 Å². The van der Waals surface area contributed by atoms with E-state index in [9.17, 15) is 0 Å². The van der Waals surface area contributed by atoms with E-state index in [0.29, 0.717) is 0 Å². The lowest BCUT2D eigenvalue weighted by Gasteiger charge is -2.11. The Kier molecular flexibility index (Phi) is 3.16. The van der Waals surface area contributed by atoms with Crippen LogP contribution in [0.4, 0.5) is 0 Å². The third-order valence-electron chi connectivity index (χ3n) is 3.60. The molecule has 0 saturated heterocycles. The Hall–Kier alpha value is -1.96. The van der Waals surface area contributed by atoms with Crippen LogP contribution in [0.3, 0.4) is 0 Å². The maximum Gasteiger partial charge on any atom is 0.126 e. The van der Waals surface area contributed by atoms with Crippen molar-refractivity contribution in [2.24, 2.45) is 0 Å². The molecule has 2 nitrogen and oxygen atoms in total. The Bertz CT molecular complexity index is 572. The zero-order chi connectivity index (χ0) is 13.2. The lowest BCUT2D eigenvalue weighted by Crippen LogP contribution is -2.16. The smallest absolute Gasteiger partial charge is 0.126 e. The largest absolute Gasteiger partial charge is 0.497 e. The Balaban J connectivity index is 1.71. The molecule has 0 fully saturated rings. The lowest BCUT2D eigenvalue weighted by molar-refractivity contribution is 0.232. The SMILES string of the molecule is COc1ccc2c(c1)OC(Cc1ccc(C)cc1)C2. The van der Waals surface area contributed by atoms with E-state index in [1.54, 1.807) is 7.11 Å². The van der Waals surface area contributed by atoms with Gasteiger partial charge in [0.1, 0.15) is 17.6 Å². The third-order valence-corrected chi connectivity index (χ3v) is 3.60. The van der Waals surface area contributed by atoms with E-state index in [1.807, 2.05) is 12.1 Å². The molecule has 0 N–H and O–H groups in total. The van der Waals surface area contributed by atoms with Gasteiger partial charge in [-0.3, -0.25) is 0 Å². The second-order valence-electron chi connectivity index (χ2n) is 5.11. The predicted octanol–water partition coefficient (Wildman–Crippen LogP) is 3.55. The van der Waals surface area contributed by atoms with Crippen LogP contribution in [0.15, 0.2) is 42.5 Å². The number of rotatable bonds is 3. The quantitative estimate of drug-likeness (QED) is 0.834. The summed E-state index contributed by atoms with van der Waals surface area (Å²) in [6.07, 6.45) is 2.18. The molecular weight excluding hydrogens is 236 g/mol. The van der Waals surface area contributed by atoms with Crippen molar-refractivity contribution >= 4 is 0 Å². The fourth-order valence-electron chi connectivity index (χ4n) is 2.51. The number of hydrogen-bond donors (Lipinski definition) is 0. The maximum absolute atomic E-state index is 6.00. The Morgan fingerprint density at radius 3 is 2.68 bits per heavy atom. The second-order valence-corrected chi connectivity index (χ2v) is 5.11. The van der Waals surface area contributed by atoms with Crippen LogP contribution in [-0.2, 0) is 12.8 Å². The summed E-state index contributed by atoms with van der Waals surface area (Å²) >= 11 is 0. The monoisotopic (exact) mass is 254 g/mol. The lowest BCUT2D eigenvalue weighted by atomic mass is 10.0. The third kappa shape index (κ3) is 2.58. The second kappa shape index (κ2) is 4.96. The molecule has 0 radical (unpaired) electrons. The van der Waals surface area contributed by atoms with Crippen LogP contribution in [0.25, 0.3) is 0 Å². The molecule has 1 aliphatic rings. The van der Waals surface area contributed by atoms with Crippen LogP contribution in [0.1, 0.15) is 16.7 Å². The molecule has 2 heteroatoms. The van der Waals surface area contributed by atoms with E-state index in [4.69, 9.17) is 9.47 Å². The average Bonchev–Trinajstić information content (AvgIpc) is 2.82. The van der Waals surface area contributed by atoms with Crippen molar-refractivity contribution in [3.8, 4) is 11.5 Å². The van der Waals surface area contributed by atoms with E-state index in [0.717, 1.165) is 24.3 Å². The molecule has 0 aliphatic carbocycles. The number of hydrogen-bond acceptors (Lipinski definition) is 2. The summed E-state index contributed by atoms with van der Waals surface area (Å²) in [6.45, 7) is 2.11. The molecule has 0 spiro atoms. The number of aryl methyl sites for hydroxylation is 1. The first-order valence-electron chi connectivity index (χ1n) is 6.64. The topological polar surface area (TPSA) is 18.5 Å². The van der Waals surface area contributed by atoms with Gasteiger partial charge in [-0.2, -0.15) is 0 Å². The Morgan fingerprint density at radius 1 is 1.16 bits per heavy atom. The summed E-state index contributed by atoms with van der Waals surface area (Å²) in [5.74, 6) is 1.83. The van der Waals surface area contributed by atoms with E-state index in [2.05, 4.69) is 37.3 Å². The highest BCUT2D eigenvalue weighted by Crippen LogP contribution is 2.33. The molecule has 0 saturated carbocycles. The zero-order valence-corrected chi connectivity index (χ0v) is 11.3. The molecule has 3 rings (SSSR count). The summed E-state index contributed by atoms with van der Waals surface area (Å²) in [4.78, 5) is 0. The van der Waals surface area contributed by atoms with Crippen molar-refractivity contribution < 1.29 is 9.47 Å².